The van der Waals surface area contributed by atoms with Crippen LogP contribution in [0.4, 0.5) is 15.8 Å². The van der Waals surface area contributed by atoms with Crippen LogP contribution < -0.4 is 10.6 Å². The highest BCUT2D eigenvalue weighted by molar-refractivity contribution is 6.00. The molecule has 0 bridgehead atoms. The van der Waals surface area contributed by atoms with E-state index in [9.17, 15) is 14.3 Å². The van der Waals surface area contributed by atoms with Crippen molar-refractivity contribution in [3.63, 3.8) is 0 Å². The van der Waals surface area contributed by atoms with E-state index in [-0.39, 0.29) is 12.0 Å². The largest absolute Gasteiger partial charge is 0.387 e. The molecule has 12 nitrogen and oxygen atoms in total. The lowest BCUT2D eigenvalue weighted by atomic mass is 10.0. The van der Waals surface area contributed by atoms with Gasteiger partial charge in [-0.05, 0) is 19.9 Å². The van der Waals surface area contributed by atoms with Crippen molar-refractivity contribution in [3.05, 3.63) is 54.2 Å². The summed E-state index contributed by atoms with van der Waals surface area (Å²) >= 11 is 0. The Bertz CT molecular complexity index is 1520. The van der Waals surface area contributed by atoms with Gasteiger partial charge in [-0.2, -0.15) is 25.4 Å². The van der Waals surface area contributed by atoms with Crippen molar-refractivity contribution in [2.24, 2.45) is 0 Å². The third kappa shape index (κ3) is 5.69. The molecule has 13 heteroatoms. The molecule has 4 heterocycles. The summed E-state index contributed by atoms with van der Waals surface area (Å²) in [6.07, 6.45) is 6.12. The first kappa shape index (κ1) is 25.2. The fourth-order valence-corrected chi connectivity index (χ4v) is 3.39. The first-order valence-corrected chi connectivity index (χ1v) is 11.2. The van der Waals surface area contributed by atoms with Gasteiger partial charge in [-0.1, -0.05) is 0 Å². The molecule has 0 saturated carbocycles. The predicted molar refractivity (Wildman–Crippen MR) is 131 cm³/mol. The van der Waals surface area contributed by atoms with Crippen LogP contribution >= 0.6 is 0 Å². The molecule has 188 valence electrons. The van der Waals surface area contributed by atoms with Crippen molar-refractivity contribution >= 4 is 28.3 Å². The molecule has 0 unspecified atom stereocenters. The van der Waals surface area contributed by atoms with Crippen LogP contribution in [0.2, 0.25) is 0 Å². The molecule has 1 amide bonds. The third-order valence-electron chi connectivity index (χ3n) is 5.46. The molecule has 4 rings (SSSR count). The minimum atomic E-state index is -1.68. The molecule has 1 atom stereocenters. The number of nitrogens with one attached hydrogen (secondary N) is 2. The molecular weight excluding hydrogens is 479 g/mol. The minimum absolute atomic E-state index is 0.118. The molecule has 0 aliphatic rings. The molecule has 0 radical (unpaired) electrons. The number of alkyl halides is 1. The maximum atomic E-state index is 14.2. The zero-order valence-electron chi connectivity index (χ0n) is 20.1. The van der Waals surface area contributed by atoms with Crippen LogP contribution in [0.3, 0.4) is 0 Å². The molecule has 3 N–H and O–H groups in total. The quantitative estimate of drug-likeness (QED) is 0.311. The number of carbonyl (C=O) groups excluding carboxylic acids is 1. The van der Waals surface area contributed by atoms with Gasteiger partial charge in [0.05, 0.1) is 66.1 Å². The van der Waals surface area contributed by atoms with Crippen LogP contribution in [0.15, 0.2) is 43.1 Å². The van der Waals surface area contributed by atoms with Crippen molar-refractivity contribution in [2.75, 3.05) is 11.9 Å². The Morgan fingerprint density at radius 2 is 2.00 bits per heavy atom. The van der Waals surface area contributed by atoms with Crippen LogP contribution in [0.1, 0.15) is 36.2 Å². The van der Waals surface area contributed by atoms with Crippen molar-refractivity contribution < 1.29 is 14.3 Å². The monoisotopic (exact) mass is 502 g/mol. The van der Waals surface area contributed by atoms with Crippen LogP contribution in [0.5, 0.6) is 0 Å². The minimum Gasteiger partial charge on any atom is -0.387 e. The van der Waals surface area contributed by atoms with Gasteiger partial charge in [0.15, 0.2) is 11.5 Å². The Hall–Kier alpha value is -4.88. The number of amides is 1. The second-order valence-corrected chi connectivity index (χ2v) is 8.75. The second-order valence-electron chi connectivity index (χ2n) is 8.75. The van der Waals surface area contributed by atoms with Crippen LogP contribution in [0.25, 0.3) is 16.9 Å². The highest BCUT2D eigenvalue weighted by Crippen LogP contribution is 2.25. The summed E-state index contributed by atoms with van der Waals surface area (Å²) in [6.45, 7) is 2.64. The number of aliphatic hydroxyl groups is 1. The fourth-order valence-electron chi connectivity index (χ4n) is 3.39. The number of halogens is 1. The summed E-state index contributed by atoms with van der Waals surface area (Å²) in [5.41, 5.74) is 0.232. The number of rotatable bonds is 9. The van der Waals surface area contributed by atoms with Crippen LogP contribution in [0, 0.1) is 22.7 Å². The number of hydrogen-bond donors (Lipinski definition) is 3. The van der Waals surface area contributed by atoms with E-state index in [2.05, 4.69) is 36.9 Å². The van der Waals surface area contributed by atoms with E-state index < -0.39 is 24.2 Å². The predicted octanol–water partition coefficient (Wildman–Crippen LogP) is 2.38. The number of nitriles is 2. The van der Waals surface area contributed by atoms with E-state index in [1.165, 1.54) is 30.9 Å². The Morgan fingerprint density at radius 3 is 2.73 bits per heavy atom. The third-order valence-corrected chi connectivity index (χ3v) is 5.46. The molecule has 0 fully saturated rings. The highest BCUT2D eigenvalue weighted by Gasteiger charge is 2.27. The number of pyridine rings is 2. The smallest absolute Gasteiger partial charge is 0.255 e. The Balaban J connectivity index is 1.68. The van der Waals surface area contributed by atoms with E-state index in [4.69, 9.17) is 10.5 Å². The summed E-state index contributed by atoms with van der Waals surface area (Å²) in [5.74, 6) is -0.268. The van der Waals surface area contributed by atoms with Crippen molar-refractivity contribution in [1.29, 1.82) is 10.5 Å². The van der Waals surface area contributed by atoms with Gasteiger partial charge in [-0.25, -0.2) is 14.4 Å². The summed E-state index contributed by atoms with van der Waals surface area (Å²) in [6, 6.07) is 7.32. The summed E-state index contributed by atoms with van der Waals surface area (Å²) in [5, 5.41) is 42.5. The molecule has 4 aromatic rings. The fraction of sp³-hybridized carbons (Fsp3) is 0.292. The zero-order chi connectivity index (χ0) is 26.6. The van der Waals surface area contributed by atoms with E-state index >= 15 is 0 Å². The normalized spacial score (nSPS) is 12.1. The van der Waals surface area contributed by atoms with Crippen molar-refractivity contribution in [1.82, 2.24) is 34.8 Å². The molecule has 0 spiro atoms. The molecule has 0 aliphatic carbocycles. The van der Waals surface area contributed by atoms with Crippen molar-refractivity contribution in [2.45, 2.75) is 38.6 Å². The number of carbonyl (C=O) groups is 1. The van der Waals surface area contributed by atoms with Gasteiger partial charge in [-0.15, -0.1) is 0 Å². The maximum Gasteiger partial charge on any atom is 0.255 e. The number of aryl methyl sites for hydroxylation is 1. The van der Waals surface area contributed by atoms with Gasteiger partial charge in [-0.3, -0.25) is 9.48 Å². The summed E-state index contributed by atoms with van der Waals surface area (Å²) < 4.78 is 17.3. The lowest BCUT2D eigenvalue weighted by Gasteiger charge is -2.22. The number of hydrogen-bond acceptors (Lipinski definition) is 9. The Kier molecular flexibility index (Phi) is 7.08. The molecule has 4 aromatic heterocycles. The van der Waals surface area contributed by atoms with Gasteiger partial charge in [0, 0.05) is 30.0 Å². The highest BCUT2D eigenvalue weighted by atomic mass is 19.1. The average molecular weight is 503 g/mol. The maximum absolute atomic E-state index is 14.2. The summed E-state index contributed by atoms with van der Waals surface area (Å²) in [4.78, 5) is 21.6. The lowest BCUT2D eigenvalue weighted by molar-refractivity contribution is -0.00177. The number of nitrogens with zero attached hydrogens (tertiary/aromatic N) is 8. The number of anilines is 2. The Labute approximate surface area is 211 Å². The molecular formula is C24H23FN10O2. The van der Waals surface area contributed by atoms with Gasteiger partial charge in [0.1, 0.15) is 12.2 Å². The average Bonchev–Trinajstić information content (AvgIpc) is 3.51. The van der Waals surface area contributed by atoms with Gasteiger partial charge < -0.3 is 15.7 Å². The SMILES string of the molecule is CC(C)(O)[C@H](F)CNC(=O)c1cnc(-n2ncc3cc(C#N)cnc32)cc1Nc1cnn(CCC#N)c1. The number of aromatic nitrogens is 6. The number of fused-ring (bicyclic) bond motifs is 1. The zero-order valence-corrected chi connectivity index (χ0v) is 20.1. The molecule has 0 saturated heterocycles. The molecule has 0 aliphatic heterocycles. The first-order valence-electron chi connectivity index (χ1n) is 11.2. The summed E-state index contributed by atoms with van der Waals surface area (Å²) in [7, 11) is 0. The van der Waals surface area contributed by atoms with Gasteiger partial charge in [0.2, 0.25) is 0 Å². The first-order chi connectivity index (χ1) is 17.7. The van der Waals surface area contributed by atoms with E-state index in [1.54, 1.807) is 35.4 Å². The van der Waals surface area contributed by atoms with E-state index in [1.807, 2.05) is 6.07 Å². The van der Waals surface area contributed by atoms with Gasteiger partial charge in [0.25, 0.3) is 5.91 Å². The van der Waals surface area contributed by atoms with Gasteiger partial charge >= 0.3 is 0 Å². The molecule has 37 heavy (non-hydrogen) atoms. The van der Waals surface area contributed by atoms with Crippen LogP contribution in [-0.2, 0) is 6.54 Å². The second kappa shape index (κ2) is 10.4. The van der Waals surface area contributed by atoms with E-state index in [0.717, 1.165) is 0 Å². The lowest BCUT2D eigenvalue weighted by Crippen LogP contribution is -2.42. The Morgan fingerprint density at radius 1 is 1.19 bits per heavy atom. The van der Waals surface area contributed by atoms with E-state index in [0.29, 0.717) is 40.3 Å². The standard InChI is InChI=1S/C24H23FN10O2/c1-24(2,37)20(25)13-30-23(36)18-12-28-21(35-22-16(10-32-35)6-15(8-27)9-29-22)7-19(18)33-17-11-31-34(14-17)5-3-4-26/h6-7,9-12,14,20,37H,3,5,13H2,1-2H3,(H,28,33)(H,30,36)/t20-/m1/s1. The van der Waals surface area contributed by atoms with Crippen molar-refractivity contribution in [3.8, 4) is 18.0 Å². The molecule has 0 aromatic carbocycles. The topological polar surface area (TPSA) is 170 Å². The van der Waals surface area contributed by atoms with Crippen LogP contribution in [-0.4, -0.2) is 58.9 Å².